The molecule has 3 nitrogen and oxygen atoms in total. The molecule has 0 aliphatic heterocycles. The van der Waals surface area contributed by atoms with Gasteiger partial charge in [0.15, 0.2) is 0 Å². The van der Waals surface area contributed by atoms with Crippen LogP contribution in [0.25, 0.3) is 0 Å². The van der Waals surface area contributed by atoms with E-state index in [0.717, 1.165) is 31.3 Å². The summed E-state index contributed by atoms with van der Waals surface area (Å²) in [6.45, 7) is 6.18. The fourth-order valence-corrected chi connectivity index (χ4v) is 2.89. The first-order valence-electron chi connectivity index (χ1n) is 7.04. The van der Waals surface area contributed by atoms with Gasteiger partial charge in [0, 0.05) is 12.5 Å². The Hall–Kier alpha value is -1.06. The van der Waals surface area contributed by atoms with Crippen LogP contribution >= 0.6 is 0 Å². The van der Waals surface area contributed by atoms with Gasteiger partial charge in [0.2, 0.25) is 0 Å². The average molecular weight is 265 g/mol. The van der Waals surface area contributed by atoms with Crippen LogP contribution in [0.15, 0.2) is 36.1 Å². The van der Waals surface area contributed by atoms with Crippen LogP contribution in [0.5, 0.6) is 0 Å². The molecule has 0 aromatic heterocycles. The van der Waals surface area contributed by atoms with Crippen LogP contribution in [0.1, 0.15) is 39.0 Å². The molecule has 1 aliphatic rings. The number of methoxy groups -OCH3 is 1. The Morgan fingerprint density at radius 3 is 2.47 bits per heavy atom. The molecule has 0 spiro atoms. The van der Waals surface area contributed by atoms with E-state index in [2.05, 4.69) is 6.58 Å². The number of ether oxygens (including phenoxy) is 1. The number of hydrogen-bond donors (Lipinski definition) is 2. The summed E-state index contributed by atoms with van der Waals surface area (Å²) in [6, 6.07) is 0. The van der Waals surface area contributed by atoms with E-state index in [-0.39, 0.29) is 5.92 Å². The smallest absolute Gasteiger partial charge is 0.118 e. The topological polar surface area (TPSA) is 55.5 Å². The van der Waals surface area contributed by atoms with Gasteiger partial charge in [-0.25, -0.2) is 0 Å². The SMILES string of the molecule is C=C/C(=C\C=C(/C)C(CN)C1(O)CCCCC1)OC. The lowest BCUT2D eigenvalue weighted by molar-refractivity contribution is -0.0337. The van der Waals surface area contributed by atoms with Crippen molar-refractivity contribution in [3.05, 3.63) is 36.1 Å². The third kappa shape index (κ3) is 4.22. The van der Waals surface area contributed by atoms with Crippen LogP contribution in [0, 0.1) is 5.92 Å². The van der Waals surface area contributed by atoms with Crippen LogP contribution in [0.4, 0.5) is 0 Å². The second-order valence-corrected chi connectivity index (χ2v) is 5.34. The number of rotatable bonds is 6. The van der Waals surface area contributed by atoms with Gasteiger partial charge in [-0.3, -0.25) is 0 Å². The molecule has 0 heterocycles. The first-order valence-corrected chi connectivity index (χ1v) is 7.04. The molecule has 1 aliphatic carbocycles. The molecular formula is C16H27NO2. The van der Waals surface area contributed by atoms with E-state index in [1.165, 1.54) is 6.42 Å². The second-order valence-electron chi connectivity index (χ2n) is 5.34. The minimum Gasteiger partial charge on any atom is -0.497 e. The molecule has 1 atom stereocenters. The number of allylic oxidation sites excluding steroid dienone is 3. The molecule has 108 valence electrons. The van der Waals surface area contributed by atoms with Crippen LogP contribution < -0.4 is 5.73 Å². The molecule has 19 heavy (non-hydrogen) atoms. The number of aliphatic hydroxyl groups is 1. The van der Waals surface area contributed by atoms with Crippen molar-refractivity contribution >= 4 is 0 Å². The van der Waals surface area contributed by atoms with E-state index in [9.17, 15) is 5.11 Å². The Morgan fingerprint density at radius 2 is 2.00 bits per heavy atom. The Kier molecular flexibility index (Phi) is 6.32. The van der Waals surface area contributed by atoms with Gasteiger partial charge in [-0.2, -0.15) is 0 Å². The van der Waals surface area contributed by atoms with Gasteiger partial charge in [-0.1, -0.05) is 37.5 Å². The summed E-state index contributed by atoms with van der Waals surface area (Å²) < 4.78 is 5.14. The summed E-state index contributed by atoms with van der Waals surface area (Å²) >= 11 is 0. The van der Waals surface area contributed by atoms with Crippen molar-refractivity contribution in [1.82, 2.24) is 0 Å². The van der Waals surface area contributed by atoms with Gasteiger partial charge in [-0.05, 0) is 31.9 Å². The molecule has 1 rings (SSSR count). The minimum absolute atomic E-state index is 0.0203. The lowest BCUT2D eigenvalue weighted by Crippen LogP contribution is -2.44. The van der Waals surface area contributed by atoms with E-state index in [1.54, 1.807) is 13.2 Å². The maximum atomic E-state index is 10.8. The highest BCUT2D eigenvalue weighted by Gasteiger charge is 2.37. The molecule has 0 aromatic rings. The van der Waals surface area contributed by atoms with Crippen LogP contribution in [-0.4, -0.2) is 24.4 Å². The quantitative estimate of drug-likeness (QED) is 0.573. The molecule has 0 radical (unpaired) electrons. The predicted octanol–water partition coefficient (Wildman–Crippen LogP) is 2.92. The molecule has 0 aromatic carbocycles. The van der Waals surface area contributed by atoms with Crippen molar-refractivity contribution in [1.29, 1.82) is 0 Å². The van der Waals surface area contributed by atoms with Crippen molar-refractivity contribution in [3.63, 3.8) is 0 Å². The fraction of sp³-hybridized carbons (Fsp3) is 0.625. The monoisotopic (exact) mass is 265 g/mol. The van der Waals surface area contributed by atoms with Crippen molar-refractivity contribution in [2.75, 3.05) is 13.7 Å². The predicted molar refractivity (Wildman–Crippen MR) is 79.6 cm³/mol. The summed E-state index contributed by atoms with van der Waals surface area (Å²) in [7, 11) is 1.62. The van der Waals surface area contributed by atoms with Gasteiger partial charge in [-0.15, -0.1) is 0 Å². The second kappa shape index (κ2) is 7.51. The van der Waals surface area contributed by atoms with E-state index in [1.807, 2.05) is 19.1 Å². The molecule has 1 unspecified atom stereocenters. The summed E-state index contributed by atoms with van der Waals surface area (Å²) in [5.41, 5.74) is 6.35. The summed E-state index contributed by atoms with van der Waals surface area (Å²) in [6.07, 6.45) is 10.6. The first-order chi connectivity index (χ1) is 9.07. The third-order valence-corrected chi connectivity index (χ3v) is 4.10. The zero-order chi connectivity index (χ0) is 14.3. The van der Waals surface area contributed by atoms with Gasteiger partial charge in [0.25, 0.3) is 0 Å². The van der Waals surface area contributed by atoms with Crippen molar-refractivity contribution in [3.8, 4) is 0 Å². The van der Waals surface area contributed by atoms with Crippen molar-refractivity contribution in [2.45, 2.75) is 44.6 Å². The van der Waals surface area contributed by atoms with Crippen molar-refractivity contribution < 1.29 is 9.84 Å². The van der Waals surface area contributed by atoms with Gasteiger partial charge >= 0.3 is 0 Å². The Balaban J connectivity index is 2.86. The standard InChI is InChI=1S/C16H27NO2/c1-4-14(19-3)9-8-13(2)15(12-17)16(18)10-6-5-7-11-16/h4,8-9,15,18H,1,5-7,10-12,17H2,2-3H3/b13-8+,14-9+. The largest absolute Gasteiger partial charge is 0.497 e. The van der Waals surface area contributed by atoms with Gasteiger partial charge in [0.1, 0.15) is 5.76 Å². The van der Waals surface area contributed by atoms with Crippen LogP contribution in [0.2, 0.25) is 0 Å². The van der Waals surface area contributed by atoms with Crippen LogP contribution in [0.3, 0.4) is 0 Å². The molecule has 0 saturated heterocycles. The van der Waals surface area contributed by atoms with Crippen molar-refractivity contribution in [2.24, 2.45) is 11.7 Å². The minimum atomic E-state index is -0.636. The summed E-state index contributed by atoms with van der Waals surface area (Å²) in [5, 5.41) is 10.8. The van der Waals surface area contributed by atoms with Gasteiger partial charge in [0.05, 0.1) is 12.7 Å². The first kappa shape index (κ1) is 16.0. The van der Waals surface area contributed by atoms with Crippen LogP contribution in [-0.2, 0) is 4.74 Å². The highest BCUT2D eigenvalue weighted by molar-refractivity contribution is 5.22. The fourth-order valence-electron chi connectivity index (χ4n) is 2.89. The average Bonchev–Trinajstić information content (AvgIpc) is 2.41. The lowest BCUT2D eigenvalue weighted by Gasteiger charge is -2.39. The Morgan fingerprint density at radius 1 is 1.37 bits per heavy atom. The molecule has 1 fully saturated rings. The van der Waals surface area contributed by atoms with E-state index >= 15 is 0 Å². The number of nitrogens with two attached hydrogens (primary N) is 1. The summed E-state index contributed by atoms with van der Waals surface area (Å²) in [4.78, 5) is 0. The zero-order valence-electron chi connectivity index (χ0n) is 12.2. The molecule has 1 saturated carbocycles. The molecule has 0 amide bonds. The Bertz CT molecular complexity index is 352. The maximum Gasteiger partial charge on any atom is 0.118 e. The maximum absolute atomic E-state index is 10.8. The molecule has 3 heteroatoms. The number of hydrogen-bond acceptors (Lipinski definition) is 3. The normalized spacial score (nSPS) is 21.9. The molecule has 3 N–H and O–H groups in total. The molecule has 0 bridgehead atoms. The van der Waals surface area contributed by atoms with E-state index < -0.39 is 5.60 Å². The zero-order valence-corrected chi connectivity index (χ0v) is 12.2. The lowest BCUT2D eigenvalue weighted by atomic mass is 9.73. The highest BCUT2D eigenvalue weighted by atomic mass is 16.5. The molecular weight excluding hydrogens is 238 g/mol. The Labute approximate surface area is 116 Å². The summed E-state index contributed by atoms with van der Waals surface area (Å²) in [5.74, 6) is 0.734. The van der Waals surface area contributed by atoms with E-state index in [0.29, 0.717) is 12.3 Å². The van der Waals surface area contributed by atoms with E-state index in [4.69, 9.17) is 10.5 Å². The highest BCUT2D eigenvalue weighted by Crippen LogP contribution is 2.37. The third-order valence-electron chi connectivity index (χ3n) is 4.10. The van der Waals surface area contributed by atoms with Gasteiger partial charge < -0.3 is 15.6 Å².